The third-order valence-electron chi connectivity index (χ3n) is 3.28. The number of aryl methyl sites for hydroxylation is 1. The number of methoxy groups -OCH3 is 2. The quantitative estimate of drug-likeness (QED) is 0.678. The molecule has 2 rings (SSSR count). The van der Waals surface area contributed by atoms with Gasteiger partial charge in [-0.1, -0.05) is 33.6 Å². The number of hydrogen-bond acceptors (Lipinski definition) is 2. The smallest absolute Gasteiger partial charge is 0.161 e. The molecule has 0 heterocycles. The van der Waals surface area contributed by atoms with E-state index in [1.165, 1.54) is 6.07 Å². The van der Waals surface area contributed by atoms with Gasteiger partial charge in [0, 0.05) is 10.6 Å². The first-order valence-electron chi connectivity index (χ1n) is 6.29. The van der Waals surface area contributed by atoms with Crippen LogP contribution in [-0.2, 0) is 0 Å². The summed E-state index contributed by atoms with van der Waals surface area (Å²) in [6.45, 7) is 1.94. The van der Waals surface area contributed by atoms with E-state index in [1.807, 2.05) is 19.1 Å². The zero-order valence-corrected chi connectivity index (χ0v) is 14.3. The monoisotopic (exact) mass is 372 g/mol. The van der Waals surface area contributed by atoms with E-state index in [4.69, 9.17) is 21.1 Å². The molecule has 0 fully saturated rings. The number of benzene rings is 2. The van der Waals surface area contributed by atoms with Crippen molar-refractivity contribution in [3.05, 3.63) is 57.9 Å². The van der Waals surface area contributed by atoms with Crippen LogP contribution >= 0.6 is 27.5 Å². The van der Waals surface area contributed by atoms with Crippen LogP contribution in [-0.4, -0.2) is 14.2 Å². The van der Waals surface area contributed by atoms with E-state index in [9.17, 15) is 4.39 Å². The lowest BCUT2D eigenvalue weighted by Gasteiger charge is -2.17. The molecule has 5 heteroatoms. The molecule has 0 radical (unpaired) electrons. The van der Waals surface area contributed by atoms with E-state index in [2.05, 4.69) is 15.9 Å². The minimum absolute atomic E-state index is 0.297. The van der Waals surface area contributed by atoms with Crippen LogP contribution in [0.15, 0.2) is 30.3 Å². The van der Waals surface area contributed by atoms with E-state index < -0.39 is 0 Å². The van der Waals surface area contributed by atoms with Crippen molar-refractivity contribution in [1.82, 2.24) is 0 Å². The van der Waals surface area contributed by atoms with Gasteiger partial charge in [0.25, 0.3) is 0 Å². The Morgan fingerprint density at radius 1 is 1.05 bits per heavy atom. The highest BCUT2D eigenvalue weighted by atomic mass is 79.9. The molecule has 1 unspecified atom stereocenters. The molecule has 21 heavy (non-hydrogen) atoms. The summed E-state index contributed by atoms with van der Waals surface area (Å²) in [7, 11) is 3.16. The average Bonchev–Trinajstić information content (AvgIpc) is 2.46. The molecule has 0 saturated carbocycles. The van der Waals surface area contributed by atoms with Gasteiger partial charge in [-0.3, -0.25) is 0 Å². The number of rotatable bonds is 4. The van der Waals surface area contributed by atoms with Gasteiger partial charge in [-0.25, -0.2) is 4.39 Å². The average molecular weight is 374 g/mol. The minimum Gasteiger partial charge on any atom is -0.493 e. The molecule has 0 bridgehead atoms. The highest BCUT2D eigenvalue weighted by Gasteiger charge is 2.19. The van der Waals surface area contributed by atoms with Crippen molar-refractivity contribution in [2.45, 2.75) is 11.8 Å². The second kappa shape index (κ2) is 6.67. The van der Waals surface area contributed by atoms with Crippen molar-refractivity contribution >= 4 is 27.5 Å². The lowest BCUT2D eigenvalue weighted by atomic mass is 9.99. The maximum atomic E-state index is 14.1. The lowest BCUT2D eigenvalue weighted by Crippen LogP contribution is -2.01. The van der Waals surface area contributed by atoms with Gasteiger partial charge in [0.15, 0.2) is 11.5 Å². The number of hydrogen-bond donors (Lipinski definition) is 0. The minimum atomic E-state index is -0.349. The van der Waals surface area contributed by atoms with Crippen molar-refractivity contribution in [3.8, 4) is 11.5 Å². The molecule has 1 atom stereocenters. The maximum absolute atomic E-state index is 14.1. The van der Waals surface area contributed by atoms with Crippen LogP contribution in [0.1, 0.15) is 21.5 Å². The van der Waals surface area contributed by atoms with Crippen molar-refractivity contribution in [3.63, 3.8) is 0 Å². The Kier molecular flexibility index (Phi) is 5.12. The van der Waals surface area contributed by atoms with Gasteiger partial charge in [-0.15, -0.1) is 0 Å². The summed E-state index contributed by atoms with van der Waals surface area (Å²) >= 11 is 9.35. The largest absolute Gasteiger partial charge is 0.493 e. The van der Waals surface area contributed by atoms with Gasteiger partial charge in [0.05, 0.1) is 19.0 Å². The van der Waals surface area contributed by atoms with Crippen LogP contribution in [0.5, 0.6) is 11.5 Å². The molecule has 0 aromatic heterocycles. The van der Waals surface area contributed by atoms with E-state index in [-0.39, 0.29) is 10.6 Å². The summed E-state index contributed by atoms with van der Waals surface area (Å²) < 4.78 is 24.6. The molecular weight excluding hydrogens is 359 g/mol. The van der Waals surface area contributed by atoms with Gasteiger partial charge in [0.2, 0.25) is 0 Å². The maximum Gasteiger partial charge on any atom is 0.161 e. The lowest BCUT2D eigenvalue weighted by molar-refractivity contribution is 0.354. The van der Waals surface area contributed by atoms with E-state index in [1.54, 1.807) is 26.4 Å². The summed E-state index contributed by atoms with van der Waals surface area (Å²) in [5.74, 6) is 0.908. The first-order valence-corrected chi connectivity index (χ1v) is 7.58. The van der Waals surface area contributed by atoms with Crippen LogP contribution in [0, 0.1) is 12.7 Å². The van der Waals surface area contributed by atoms with Gasteiger partial charge >= 0.3 is 0 Å². The summed E-state index contributed by atoms with van der Waals surface area (Å²) in [5, 5.41) is 0.375. The third kappa shape index (κ3) is 3.33. The standard InChI is InChI=1S/C16H15BrClFO2/c1-9-6-14(20-2)15(21-3)8-12(9)16(17)11-5-4-10(18)7-13(11)19/h4-8,16H,1-3H3. The fourth-order valence-corrected chi connectivity index (χ4v) is 3.17. The van der Waals surface area contributed by atoms with Gasteiger partial charge in [-0.2, -0.15) is 0 Å². The van der Waals surface area contributed by atoms with Crippen molar-refractivity contribution < 1.29 is 13.9 Å². The van der Waals surface area contributed by atoms with Crippen LogP contribution in [0.3, 0.4) is 0 Å². The number of halogens is 3. The van der Waals surface area contributed by atoms with E-state index in [0.717, 1.165) is 11.1 Å². The van der Waals surface area contributed by atoms with Crippen LogP contribution in [0.2, 0.25) is 5.02 Å². The molecule has 0 saturated heterocycles. The molecule has 0 aliphatic carbocycles. The van der Waals surface area contributed by atoms with Gasteiger partial charge in [-0.05, 0) is 42.3 Å². The second-order valence-corrected chi connectivity index (χ2v) is 5.94. The fourth-order valence-electron chi connectivity index (χ4n) is 2.14. The summed E-state index contributed by atoms with van der Waals surface area (Å²) in [6.07, 6.45) is 0. The van der Waals surface area contributed by atoms with Crippen LogP contribution in [0.4, 0.5) is 4.39 Å². The molecule has 0 aliphatic heterocycles. The third-order valence-corrected chi connectivity index (χ3v) is 4.50. The molecule has 2 aromatic rings. The molecular formula is C16H15BrClFO2. The summed E-state index contributed by atoms with van der Waals surface area (Å²) in [4.78, 5) is -0.297. The molecule has 2 aromatic carbocycles. The SMILES string of the molecule is COc1cc(C)c(C(Br)c2ccc(Cl)cc2F)cc1OC. The first-order chi connectivity index (χ1) is 9.97. The predicted octanol–water partition coefficient (Wildman–Crippen LogP) is 5.29. The Morgan fingerprint density at radius 3 is 2.24 bits per heavy atom. The highest BCUT2D eigenvalue weighted by Crippen LogP contribution is 2.40. The first kappa shape index (κ1) is 16.1. The fraction of sp³-hybridized carbons (Fsp3) is 0.250. The zero-order valence-electron chi connectivity index (χ0n) is 11.9. The van der Waals surface area contributed by atoms with Gasteiger partial charge < -0.3 is 9.47 Å². The van der Waals surface area contributed by atoms with Crippen LogP contribution < -0.4 is 9.47 Å². The molecule has 0 aliphatic rings. The second-order valence-electron chi connectivity index (χ2n) is 4.59. The summed E-state index contributed by atoms with van der Waals surface area (Å²) in [6, 6.07) is 8.37. The van der Waals surface area contributed by atoms with Crippen molar-refractivity contribution in [2.24, 2.45) is 0 Å². The Balaban J connectivity index is 2.50. The normalized spacial score (nSPS) is 12.1. The highest BCUT2D eigenvalue weighted by molar-refractivity contribution is 9.09. The predicted molar refractivity (Wildman–Crippen MR) is 86.5 cm³/mol. The molecule has 2 nitrogen and oxygen atoms in total. The zero-order chi connectivity index (χ0) is 15.6. The summed E-state index contributed by atoms with van der Waals surface area (Å²) in [5.41, 5.74) is 2.41. The molecule has 0 spiro atoms. The Morgan fingerprint density at radius 2 is 1.67 bits per heavy atom. The molecule has 0 amide bonds. The Bertz CT molecular complexity index is 661. The van der Waals surface area contributed by atoms with E-state index in [0.29, 0.717) is 22.1 Å². The van der Waals surface area contributed by atoms with Crippen LogP contribution in [0.25, 0.3) is 0 Å². The number of alkyl halides is 1. The Labute approximate surface area is 137 Å². The number of ether oxygens (including phenoxy) is 2. The Hall–Kier alpha value is -1.26. The molecule has 0 N–H and O–H groups in total. The topological polar surface area (TPSA) is 18.5 Å². The van der Waals surface area contributed by atoms with E-state index >= 15 is 0 Å². The van der Waals surface area contributed by atoms with Gasteiger partial charge in [0.1, 0.15) is 5.82 Å². The molecule has 112 valence electrons. The van der Waals surface area contributed by atoms with Crippen molar-refractivity contribution in [2.75, 3.05) is 14.2 Å². The van der Waals surface area contributed by atoms with Crippen molar-refractivity contribution in [1.29, 1.82) is 0 Å².